The third kappa shape index (κ3) is 2.48. The SMILES string of the molecule is C[C@H]1C[C@]1(c1noc(=O)[nH]1)[N+]1(C)C(C(=O)O)=Cc2cc([C@@H]3CCOC4(CCC4)C3)ccc21. The fourth-order valence-electron chi connectivity index (χ4n) is 6.66. The van der Waals surface area contributed by atoms with Gasteiger partial charge in [0.25, 0.3) is 0 Å². The van der Waals surface area contributed by atoms with Crippen molar-refractivity contribution in [2.24, 2.45) is 5.92 Å². The van der Waals surface area contributed by atoms with Crippen LogP contribution in [-0.4, -0.2) is 40.5 Å². The predicted octanol–water partition coefficient (Wildman–Crippen LogP) is 3.49. The molecule has 0 bridgehead atoms. The highest BCUT2D eigenvalue weighted by Crippen LogP contribution is 2.64. The van der Waals surface area contributed by atoms with Gasteiger partial charge in [-0.3, -0.25) is 9.51 Å². The number of hydrogen-bond acceptors (Lipinski definition) is 5. The number of nitrogens with one attached hydrogen (secondary N) is 1. The average Bonchev–Trinajstić information content (AvgIpc) is 3.10. The molecule has 32 heavy (non-hydrogen) atoms. The maximum atomic E-state index is 12.4. The van der Waals surface area contributed by atoms with Gasteiger partial charge in [0, 0.05) is 36.7 Å². The van der Waals surface area contributed by atoms with Crippen LogP contribution in [0.4, 0.5) is 5.69 Å². The molecule has 1 saturated heterocycles. The normalized spacial score (nSPS) is 34.6. The highest BCUT2D eigenvalue weighted by Gasteiger charge is 2.73. The molecule has 1 spiro atoms. The topological polar surface area (TPSA) is 105 Å². The summed E-state index contributed by atoms with van der Waals surface area (Å²) in [5.74, 6) is -0.608. The second kappa shape index (κ2) is 6.42. The molecule has 168 valence electrons. The van der Waals surface area contributed by atoms with Gasteiger partial charge in [-0.05, 0) is 49.7 Å². The van der Waals surface area contributed by atoms with Crippen LogP contribution in [0.1, 0.15) is 68.3 Å². The van der Waals surface area contributed by atoms with E-state index in [9.17, 15) is 14.7 Å². The molecule has 3 heterocycles. The molecule has 0 radical (unpaired) electrons. The molecule has 8 heteroatoms. The van der Waals surface area contributed by atoms with Crippen molar-refractivity contribution in [1.82, 2.24) is 14.6 Å². The number of aromatic amines is 1. The number of fused-ring (bicyclic) bond motifs is 1. The second-order valence-corrected chi connectivity index (χ2v) is 10.2. The van der Waals surface area contributed by atoms with Gasteiger partial charge in [0.15, 0.2) is 5.54 Å². The lowest BCUT2D eigenvalue weighted by Gasteiger charge is -2.47. The first kappa shape index (κ1) is 19.9. The van der Waals surface area contributed by atoms with Crippen molar-refractivity contribution in [3.05, 3.63) is 51.4 Å². The molecule has 0 amide bonds. The quantitative estimate of drug-likeness (QED) is 0.708. The van der Waals surface area contributed by atoms with E-state index in [-0.39, 0.29) is 21.7 Å². The third-order valence-electron chi connectivity index (χ3n) is 8.68. The Morgan fingerprint density at radius 3 is 2.69 bits per heavy atom. The van der Waals surface area contributed by atoms with Gasteiger partial charge in [-0.15, -0.1) is 0 Å². The zero-order valence-corrected chi connectivity index (χ0v) is 18.4. The number of quaternary nitrogens is 1. The van der Waals surface area contributed by atoms with Crippen LogP contribution in [0.5, 0.6) is 0 Å². The Kier molecular flexibility index (Phi) is 4.00. The van der Waals surface area contributed by atoms with E-state index in [1.165, 1.54) is 12.0 Å². The first-order chi connectivity index (χ1) is 15.3. The smallest absolute Gasteiger partial charge is 0.439 e. The van der Waals surface area contributed by atoms with E-state index in [0.29, 0.717) is 18.2 Å². The maximum absolute atomic E-state index is 12.4. The third-order valence-corrected chi connectivity index (χ3v) is 8.68. The van der Waals surface area contributed by atoms with Gasteiger partial charge in [-0.25, -0.2) is 14.1 Å². The number of carboxylic acid groups (broad SMARTS) is 1. The van der Waals surface area contributed by atoms with Crippen LogP contribution in [0, 0.1) is 5.92 Å². The number of H-pyrrole nitrogens is 1. The Hall–Kier alpha value is -2.71. The molecule has 2 saturated carbocycles. The fraction of sp³-hybridized carbons (Fsp3) is 0.542. The van der Waals surface area contributed by atoms with Gasteiger partial charge in [0.1, 0.15) is 5.69 Å². The average molecular weight is 439 g/mol. The lowest BCUT2D eigenvalue weighted by Crippen LogP contribution is -2.55. The van der Waals surface area contributed by atoms with Crippen molar-refractivity contribution in [3.8, 4) is 0 Å². The summed E-state index contributed by atoms with van der Waals surface area (Å²) in [6.07, 6.45) is 8.05. The van der Waals surface area contributed by atoms with Crippen LogP contribution in [0.3, 0.4) is 0 Å². The molecule has 3 fully saturated rings. The first-order valence-corrected chi connectivity index (χ1v) is 11.5. The van der Waals surface area contributed by atoms with Crippen LogP contribution in [-0.2, 0) is 15.1 Å². The summed E-state index contributed by atoms with van der Waals surface area (Å²) in [7, 11) is 1.92. The van der Waals surface area contributed by atoms with E-state index in [1.807, 2.05) is 7.05 Å². The highest BCUT2D eigenvalue weighted by atomic mass is 16.5. The van der Waals surface area contributed by atoms with E-state index in [4.69, 9.17) is 9.26 Å². The van der Waals surface area contributed by atoms with Crippen LogP contribution in [0.2, 0.25) is 0 Å². The predicted molar refractivity (Wildman–Crippen MR) is 117 cm³/mol. The van der Waals surface area contributed by atoms with Crippen LogP contribution in [0.15, 0.2) is 33.2 Å². The minimum Gasteiger partial charge on any atom is -0.474 e. The standard InChI is InChI=1S/C24H27N3O5/c1-14-12-24(14,21-25-22(30)32-26-21)27(2)18-5-4-15(10-17(18)11-19(27)20(28)29)16-6-9-31-23(13-16)7-3-8-23/h4-5,10-11,14,16H,3,6-9,12-13H2,1-2H3,(H-,25,26,28,29,30)/p+1/t14-,16+,24-,27?/m0/s1. The number of benzene rings is 1. The molecule has 1 unspecified atom stereocenters. The lowest BCUT2D eigenvalue weighted by molar-refractivity contribution is -0.134. The Morgan fingerprint density at radius 2 is 2.09 bits per heavy atom. The molecular formula is C24H28N3O5+. The van der Waals surface area contributed by atoms with Gasteiger partial charge in [-0.1, -0.05) is 18.1 Å². The zero-order chi connectivity index (χ0) is 22.3. The molecule has 1 aromatic carbocycles. The van der Waals surface area contributed by atoms with Crippen molar-refractivity contribution >= 4 is 17.7 Å². The van der Waals surface area contributed by atoms with Gasteiger partial charge in [0.2, 0.25) is 11.5 Å². The number of hydrogen-bond donors (Lipinski definition) is 2. The Bertz CT molecular complexity index is 1210. The molecular weight excluding hydrogens is 410 g/mol. The monoisotopic (exact) mass is 438 g/mol. The van der Waals surface area contributed by atoms with Gasteiger partial charge in [-0.2, -0.15) is 0 Å². The number of ether oxygens (including phenoxy) is 1. The number of carbonyl (C=O) groups is 1. The molecule has 8 nitrogen and oxygen atoms in total. The Labute approximate surface area is 185 Å². The van der Waals surface area contributed by atoms with Gasteiger partial charge >= 0.3 is 11.7 Å². The zero-order valence-electron chi connectivity index (χ0n) is 18.4. The number of aromatic nitrogens is 2. The summed E-state index contributed by atoms with van der Waals surface area (Å²) >= 11 is 0. The van der Waals surface area contributed by atoms with Crippen molar-refractivity contribution < 1.29 is 19.2 Å². The van der Waals surface area contributed by atoms with Crippen molar-refractivity contribution in [2.75, 3.05) is 13.7 Å². The number of carboxylic acids is 1. The molecule has 4 atom stereocenters. The Morgan fingerprint density at radius 1 is 1.31 bits per heavy atom. The number of aliphatic carboxylic acids is 1. The van der Waals surface area contributed by atoms with E-state index in [0.717, 1.165) is 43.5 Å². The van der Waals surface area contributed by atoms with Crippen molar-refractivity contribution in [1.29, 1.82) is 0 Å². The van der Waals surface area contributed by atoms with E-state index < -0.39 is 17.3 Å². The van der Waals surface area contributed by atoms with E-state index in [2.05, 4.69) is 35.3 Å². The van der Waals surface area contributed by atoms with Crippen molar-refractivity contribution in [3.63, 3.8) is 0 Å². The van der Waals surface area contributed by atoms with Crippen LogP contribution < -0.4 is 10.2 Å². The molecule has 2 aliphatic heterocycles. The van der Waals surface area contributed by atoms with Crippen LogP contribution >= 0.6 is 0 Å². The van der Waals surface area contributed by atoms with E-state index >= 15 is 0 Å². The lowest BCUT2D eigenvalue weighted by atomic mass is 9.70. The molecule has 2 N–H and O–H groups in total. The molecule has 2 aromatic rings. The highest BCUT2D eigenvalue weighted by molar-refractivity contribution is 6.00. The minimum atomic E-state index is -0.964. The number of likely N-dealkylation sites (N-methyl/N-ethyl adjacent to an activating group) is 1. The first-order valence-electron chi connectivity index (χ1n) is 11.5. The summed E-state index contributed by atoms with van der Waals surface area (Å²) in [4.78, 5) is 26.8. The van der Waals surface area contributed by atoms with E-state index in [1.54, 1.807) is 6.08 Å². The Balaban J connectivity index is 1.44. The molecule has 4 aliphatic rings. The van der Waals surface area contributed by atoms with Gasteiger partial charge in [0.05, 0.1) is 12.6 Å². The second-order valence-electron chi connectivity index (χ2n) is 10.2. The summed E-state index contributed by atoms with van der Waals surface area (Å²) in [5.41, 5.74) is 2.78. The number of rotatable bonds is 4. The largest absolute Gasteiger partial charge is 0.474 e. The maximum Gasteiger partial charge on any atom is 0.439 e. The van der Waals surface area contributed by atoms with Crippen LogP contribution in [0.25, 0.3) is 6.08 Å². The number of nitrogens with zero attached hydrogens (tertiary/aromatic N) is 2. The fourth-order valence-corrected chi connectivity index (χ4v) is 6.66. The molecule has 2 aliphatic carbocycles. The van der Waals surface area contributed by atoms with Gasteiger partial charge < -0.3 is 9.84 Å². The summed E-state index contributed by atoms with van der Waals surface area (Å²) in [5, 5.41) is 14.1. The summed E-state index contributed by atoms with van der Waals surface area (Å²) < 4.78 is 11.0. The summed E-state index contributed by atoms with van der Waals surface area (Å²) in [6.45, 7) is 2.84. The summed E-state index contributed by atoms with van der Waals surface area (Å²) in [6, 6.07) is 6.39. The van der Waals surface area contributed by atoms with Crippen molar-refractivity contribution in [2.45, 2.75) is 62.5 Å². The minimum absolute atomic E-state index is 0.0564. The molecule has 1 aromatic heterocycles. The molecule has 6 rings (SSSR count).